The number of aromatic nitrogens is 4. The molecule has 0 spiro atoms. The summed E-state index contributed by atoms with van der Waals surface area (Å²) in [6.07, 6.45) is 0. The molecule has 104 valence electrons. The van der Waals surface area contributed by atoms with E-state index < -0.39 is 0 Å². The van der Waals surface area contributed by atoms with Crippen LogP contribution in [0.1, 0.15) is 36.2 Å². The van der Waals surface area contributed by atoms with Crippen molar-refractivity contribution in [1.82, 2.24) is 25.1 Å². The molecule has 6 heteroatoms. The van der Waals surface area contributed by atoms with Crippen molar-refractivity contribution in [3.05, 3.63) is 27.7 Å². The Balaban J connectivity index is 1.92. The van der Waals surface area contributed by atoms with Gasteiger partial charge in [0.1, 0.15) is 16.7 Å². The molecule has 0 radical (unpaired) electrons. The Bertz CT molecular complexity index is 529. The molecule has 2 rings (SSSR count). The molecule has 2 aromatic heterocycles. The molecular formula is C13H21N5S. The molecule has 0 fully saturated rings. The van der Waals surface area contributed by atoms with Crippen molar-refractivity contribution in [1.29, 1.82) is 0 Å². The first-order chi connectivity index (χ1) is 9.04. The van der Waals surface area contributed by atoms with Crippen molar-refractivity contribution < 1.29 is 0 Å². The predicted molar refractivity (Wildman–Crippen MR) is 77.3 cm³/mol. The standard InChI is InChI=1S/C13H21N5S/c1-9(2)5-14-6-13-16-12(8-19-13)7-18-11(4)15-10(3)17-18/h8-9,14H,5-7H2,1-4H3. The smallest absolute Gasteiger partial charge is 0.147 e. The maximum absolute atomic E-state index is 4.62. The summed E-state index contributed by atoms with van der Waals surface area (Å²) < 4.78 is 1.90. The van der Waals surface area contributed by atoms with E-state index in [-0.39, 0.29) is 0 Å². The van der Waals surface area contributed by atoms with Gasteiger partial charge in [0.25, 0.3) is 0 Å². The van der Waals surface area contributed by atoms with E-state index in [0.717, 1.165) is 35.4 Å². The summed E-state index contributed by atoms with van der Waals surface area (Å²) in [5, 5.41) is 11.0. The summed E-state index contributed by atoms with van der Waals surface area (Å²) in [6.45, 7) is 10.9. The molecule has 5 nitrogen and oxygen atoms in total. The topological polar surface area (TPSA) is 55.6 Å². The maximum Gasteiger partial charge on any atom is 0.147 e. The van der Waals surface area contributed by atoms with Gasteiger partial charge in [-0.2, -0.15) is 5.10 Å². The number of hydrogen-bond donors (Lipinski definition) is 1. The Kier molecular flexibility index (Phi) is 4.66. The average Bonchev–Trinajstić information content (AvgIpc) is 2.87. The highest BCUT2D eigenvalue weighted by Crippen LogP contribution is 2.11. The molecule has 2 heterocycles. The van der Waals surface area contributed by atoms with E-state index in [1.807, 2.05) is 18.5 Å². The normalized spacial score (nSPS) is 11.4. The highest BCUT2D eigenvalue weighted by Gasteiger charge is 2.07. The zero-order valence-electron chi connectivity index (χ0n) is 12.0. The largest absolute Gasteiger partial charge is 0.310 e. The third-order valence-corrected chi connectivity index (χ3v) is 3.60. The van der Waals surface area contributed by atoms with Gasteiger partial charge in [0.15, 0.2) is 0 Å². The third-order valence-electron chi connectivity index (χ3n) is 2.70. The second-order valence-corrected chi connectivity index (χ2v) is 6.06. The molecule has 0 saturated heterocycles. The molecule has 0 saturated carbocycles. The lowest BCUT2D eigenvalue weighted by Gasteiger charge is -2.04. The van der Waals surface area contributed by atoms with E-state index in [1.165, 1.54) is 0 Å². The van der Waals surface area contributed by atoms with Gasteiger partial charge in [-0.15, -0.1) is 11.3 Å². The first kappa shape index (κ1) is 14.1. The van der Waals surface area contributed by atoms with Crippen LogP contribution < -0.4 is 5.32 Å². The summed E-state index contributed by atoms with van der Waals surface area (Å²) >= 11 is 1.70. The first-order valence-corrected chi connectivity index (χ1v) is 7.44. The highest BCUT2D eigenvalue weighted by molar-refractivity contribution is 7.09. The van der Waals surface area contributed by atoms with Gasteiger partial charge in [0.2, 0.25) is 0 Å². The van der Waals surface area contributed by atoms with Gasteiger partial charge >= 0.3 is 0 Å². The minimum atomic E-state index is 0.667. The fourth-order valence-electron chi connectivity index (χ4n) is 1.84. The highest BCUT2D eigenvalue weighted by atomic mass is 32.1. The Morgan fingerprint density at radius 1 is 1.32 bits per heavy atom. The third kappa shape index (κ3) is 4.11. The summed E-state index contributed by atoms with van der Waals surface area (Å²) in [4.78, 5) is 8.92. The van der Waals surface area contributed by atoms with E-state index in [0.29, 0.717) is 12.5 Å². The molecule has 0 aliphatic rings. The van der Waals surface area contributed by atoms with E-state index in [4.69, 9.17) is 0 Å². The van der Waals surface area contributed by atoms with Gasteiger partial charge in [-0.05, 0) is 26.3 Å². The van der Waals surface area contributed by atoms with Crippen LogP contribution in [0.15, 0.2) is 5.38 Å². The van der Waals surface area contributed by atoms with Gasteiger partial charge in [-0.3, -0.25) is 0 Å². The molecular weight excluding hydrogens is 258 g/mol. The van der Waals surface area contributed by atoms with E-state index in [1.54, 1.807) is 11.3 Å². The van der Waals surface area contributed by atoms with Gasteiger partial charge < -0.3 is 5.32 Å². The second kappa shape index (κ2) is 6.25. The van der Waals surface area contributed by atoms with Crippen molar-refractivity contribution in [3.8, 4) is 0 Å². The van der Waals surface area contributed by atoms with Crippen LogP contribution in [0.5, 0.6) is 0 Å². The SMILES string of the molecule is Cc1nc(C)n(Cc2csc(CNCC(C)C)n2)n1. The quantitative estimate of drug-likeness (QED) is 0.880. The summed E-state index contributed by atoms with van der Waals surface area (Å²) in [7, 11) is 0. The molecule has 0 bridgehead atoms. The maximum atomic E-state index is 4.62. The lowest BCUT2D eigenvalue weighted by atomic mass is 10.2. The van der Waals surface area contributed by atoms with Crippen LogP contribution >= 0.6 is 11.3 Å². The van der Waals surface area contributed by atoms with Crippen LogP contribution in [0.25, 0.3) is 0 Å². The van der Waals surface area contributed by atoms with Crippen molar-refractivity contribution in [2.45, 2.75) is 40.8 Å². The van der Waals surface area contributed by atoms with E-state index in [2.05, 4.69) is 39.6 Å². The fraction of sp³-hybridized carbons (Fsp3) is 0.615. The van der Waals surface area contributed by atoms with Gasteiger partial charge in [-0.25, -0.2) is 14.6 Å². The van der Waals surface area contributed by atoms with Crippen molar-refractivity contribution >= 4 is 11.3 Å². The lowest BCUT2D eigenvalue weighted by Crippen LogP contribution is -2.18. The number of hydrogen-bond acceptors (Lipinski definition) is 5. The molecule has 0 unspecified atom stereocenters. The Morgan fingerprint density at radius 3 is 2.74 bits per heavy atom. The molecule has 0 atom stereocenters. The monoisotopic (exact) mass is 279 g/mol. The molecule has 1 N–H and O–H groups in total. The number of nitrogens with one attached hydrogen (secondary N) is 1. The number of rotatable bonds is 6. The minimum Gasteiger partial charge on any atom is -0.310 e. The zero-order valence-corrected chi connectivity index (χ0v) is 12.8. The number of thiazole rings is 1. The summed E-state index contributed by atoms with van der Waals surface area (Å²) in [5.41, 5.74) is 1.05. The van der Waals surface area contributed by atoms with Crippen LogP contribution in [0, 0.1) is 19.8 Å². The Morgan fingerprint density at radius 2 is 2.11 bits per heavy atom. The fourth-order valence-corrected chi connectivity index (χ4v) is 2.59. The molecule has 19 heavy (non-hydrogen) atoms. The zero-order chi connectivity index (χ0) is 13.8. The van der Waals surface area contributed by atoms with Gasteiger partial charge in [0, 0.05) is 11.9 Å². The summed E-state index contributed by atoms with van der Waals surface area (Å²) in [5.74, 6) is 2.41. The Labute approximate surface area is 118 Å². The molecule has 2 aromatic rings. The van der Waals surface area contributed by atoms with Crippen LogP contribution in [0.2, 0.25) is 0 Å². The van der Waals surface area contributed by atoms with Crippen LogP contribution in [-0.4, -0.2) is 26.3 Å². The van der Waals surface area contributed by atoms with E-state index >= 15 is 0 Å². The number of aryl methyl sites for hydroxylation is 2. The van der Waals surface area contributed by atoms with Crippen molar-refractivity contribution in [3.63, 3.8) is 0 Å². The second-order valence-electron chi connectivity index (χ2n) is 5.12. The Hall–Kier alpha value is -1.27. The van der Waals surface area contributed by atoms with Crippen LogP contribution in [0.4, 0.5) is 0 Å². The summed E-state index contributed by atoms with van der Waals surface area (Å²) in [6, 6.07) is 0. The van der Waals surface area contributed by atoms with Crippen LogP contribution in [-0.2, 0) is 13.1 Å². The van der Waals surface area contributed by atoms with E-state index in [9.17, 15) is 0 Å². The van der Waals surface area contributed by atoms with Gasteiger partial charge in [-0.1, -0.05) is 13.8 Å². The number of nitrogens with zero attached hydrogens (tertiary/aromatic N) is 4. The van der Waals surface area contributed by atoms with Crippen molar-refractivity contribution in [2.75, 3.05) is 6.54 Å². The van der Waals surface area contributed by atoms with Gasteiger partial charge in [0.05, 0.1) is 12.2 Å². The predicted octanol–water partition coefficient (Wildman–Crippen LogP) is 2.15. The van der Waals surface area contributed by atoms with Crippen LogP contribution in [0.3, 0.4) is 0 Å². The average molecular weight is 279 g/mol. The molecule has 0 amide bonds. The first-order valence-electron chi connectivity index (χ1n) is 6.56. The minimum absolute atomic E-state index is 0.667. The lowest BCUT2D eigenvalue weighted by molar-refractivity contribution is 0.550. The molecule has 0 aliphatic carbocycles. The molecule has 0 aliphatic heterocycles. The molecule has 0 aromatic carbocycles. The van der Waals surface area contributed by atoms with Crippen molar-refractivity contribution in [2.24, 2.45) is 5.92 Å².